The summed E-state index contributed by atoms with van der Waals surface area (Å²) >= 11 is -1.65. The van der Waals surface area contributed by atoms with E-state index in [2.05, 4.69) is 9.97 Å². The first-order valence-electron chi connectivity index (χ1n) is 11.4. The second kappa shape index (κ2) is 11.6. The summed E-state index contributed by atoms with van der Waals surface area (Å²) in [5.41, 5.74) is 1.74. The smallest absolute Gasteiger partial charge is 0.407 e. The van der Waals surface area contributed by atoms with E-state index in [0.717, 1.165) is 36.8 Å². The Hall–Kier alpha value is -2.76. The average molecular weight is 492 g/mol. The fourth-order valence-electron chi connectivity index (χ4n) is 4.09. The van der Waals surface area contributed by atoms with Crippen LogP contribution >= 0.6 is 0 Å². The van der Waals surface area contributed by atoms with Gasteiger partial charge in [-0.25, -0.2) is 14.8 Å². The molecule has 0 saturated carbocycles. The fraction of sp³-hybridized carbons (Fsp3) is 0.522. The Kier molecular flexibility index (Phi) is 8.30. The van der Waals surface area contributed by atoms with Crippen LogP contribution in [0.15, 0.2) is 30.6 Å². The number of hydrogen-bond donors (Lipinski definition) is 1. The molecule has 11 heteroatoms. The first-order chi connectivity index (χ1) is 16.5. The zero-order valence-corrected chi connectivity index (χ0v) is 19.9. The minimum Gasteiger partial charge on any atom is -0.477 e. The Bertz CT molecular complexity index is 987. The molecule has 1 aromatic heterocycles. The zero-order chi connectivity index (χ0) is 23.9. The van der Waals surface area contributed by atoms with E-state index in [1.807, 2.05) is 31.2 Å². The van der Waals surface area contributed by atoms with Crippen molar-refractivity contribution in [2.45, 2.75) is 38.5 Å². The topological polar surface area (TPSA) is 120 Å². The Labute approximate surface area is 201 Å². The maximum absolute atomic E-state index is 11.1. The van der Waals surface area contributed by atoms with E-state index in [1.54, 1.807) is 0 Å². The molecular formula is C23H29N3O7S. The van der Waals surface area contributed by atoms with Gasteiger partial charge in [-0.2, -0.15) is 4.21 Å². The molecule has 0 spiro atoms. The van der Waals surface area contributed by atoms with Crippen LogP contribution in [0.1, 0.15) is 42.7 Å². The number of carboxylic acid groups (broad SMARTS) is 1. The Morgan fingerprint density at radius 2 is 1.82 bits per heavy atom. The highest BCUT2D eigenvalue weighted by Crippen LogP contribution is 2.30. The lowest BCUT2D eigenvalue weighted by atomic mass is 9.92. The van der Waals surface area contributed by atoms with Gasteiger partial charge in [-0.05, 0) is 56.2 Å². The molecule has 1 aromatic carbocycles. The summed E-state index contributed by atoms with van der Waals surface area (Å²) in [6, 6.07) is 7.54. The van der Waals surface area contributed by atoms with Crippen molar-refractivity contribution in [3.8, 4) is 17.5 Å². The number of nitrogens with zero attached hydrogens (tertiary/aromatic N) is 3. The molecule has 3 heterocycles. The number of likely N-dealkylation sites (tertiary alicyclic amines) is 1. The van der Waals surface area contributed by atoms with Crippen LogP contribution in [0.2, 0.25) is 0 Å². The lowest BCUT2D eigenvalue weighted by Gasteiger charge is -2.29. The summed E-state index contributed by atoms with van der Waals surface area (Å²) in [6.07, 6.45) is 4.26. The number of hydrogen-bond acceptors (Lipinski definition) is 8. The summed E-state index contributed by atoms with van der Waals surface area (Å²) in [6.45, 7) is 4.30. The van der Waals surface area contributed by atoms with Gasteiger partial charge in [0.2, 0.25) is 11.8 Å². The standard InChI is InChI=1S/C23H29N3O7S/c1-16-21(30-12-2-3-17-8-10-26(11-9-17)23(27)28)24-15-25-22(16)33-20-6-4-18(5-7-20)19-13-31-34(29)32-14-19/h4-7,15,17,19H,2-3,8-14H2,1H3,(H,27,28). The highest BCUT2D eigenvalue weighted by atomic mass is 32.2. The van der Waals surface area contributed by atoms with Gasteiger partial charge in [-0.3, -0.25) is 8.37 Å². The number of carbonyl (C=O) groups is 1. The van der Waals surface area contributed by atoms with Crippen molar-refractivity contribution < 1.29 is 31.9 Å². The molecule has 0 aliphatic carbocycles. The van der Waals surface area contributed by atoms with E-state index in [4.69, 9.17) is 22.9 Å². The lowest BCUT2D eigenvalue weighted by Crippen LogP contribution is -2.37. The van der Waals surface area contributed by atoms with Gasteiger partial charge in [0, 0.05) is 19.0 Å². The van der Waals surface area contributed by atoms with Gasteiger partial charge in [-0.1, -0.05) is 12.1 Å². The maximum Gasteiger partial charge on any atom is 0.407 e. The fourth-order valence-corrected chi connectivity index (χ4v) is 4.71. The summed E-state index contributed by atoms with van der Waals surface area (Å²) in [4.78, 5) is 21.0. The Morgan fingerprint density at radius 3 is 2.50 bits per heavy atom. The van der Waals surface area contributed by atoms with E-state index in [9.17, 15) is 9.00 Å². The van der Waals surface area contributed by atoms with Gasteiger partial charge in [0.15, 0.2) is 0 Å². The van der Waals surface area contributed by atoms with Crippen LogP contribution in [-0.2, 0) is 19.7 Å². The molecular weight excluding hydrogens is 462 g/mol. The van der Waals surface area contributed by atoms with E-state index >= 15 is 0 Å². The molecule has 2 aliphatic heterocycles. The highest BCUT2D eigenvalue weighted by molar-refractivity contribution is 7.75. The molecule has 1 N–H and O–H groups in total. The number of amides is 1. The van der Waals surface area contributed by atoms with Crippen LogP contribution in [-0.4, -0.2) is 63.2 Å². The molecule has 10 nitrogen and oxygen atoms in total. The van der Waals surface area contributed by atoms with Crippen molar-refractivity contribution in [3.63, 3.8) is 0 Å². The number of piperidine rings is 1. The van der Waals surface area contributed by atoms with Gasteiger partial charge >= 0.3 is 17.5 Å². The summed E-state index contributed by atoms with van der Waals surface area (Å²) in [5.74, 6) is 2.11. The van der Waals surface area contributed by atoms with Crippen molar-refractivity contribution in [3.05, 3.63) is 41.7 Å². The van der Waals surface area contributed by atoms with Crippen molar-refractivity contribution >= 4 is 17.5 Å². The normalized spacial score (nSPS) is 21.3. The van der Waals surface area contributed by atoms with Crippen LogP contribution in [0, 0.1) is 12.8 Å². The quantitative estimate of drug-likeness (QED) is 0.549. The molecule has 0 atom stereocenters. The van der Waals surface area contributed by atoms with Gasteiger partial charge in [0.1, 0.15) is 12.1 Å². The molecule has 2 saturated heterocycles. The first kappa shape index (κ1) is 24.4. The van der Waals surface area contributed by atoms with E-state index in [1.165, 1.54) is 11.2 Å². The van der Waals surface area contributed by atoms with Crippen LogP contribution in [0.25, 0.3) is 0 Å². The third kappa shape index (κ3) is 6.43. The van der Waals surface area contributed by atoms with Gasteiger partial charge < -0.3 is 19.5 Å². The maximum atomic E-state index is 11.1. The van der Waals surface area contributed by atoms with E-state index < -0.39 is 17.5 Å². The Balaban J connectivity index is 1.25. The molecule has 2 aromatic rings. The van der Waals surface area contributed by atoms with Crippen molar-refractivity contribution in [1.82, 2.24) is 14.9 Å². The molecule has 0 unspecified atom stereocenters. The molecule has 0 bridgehead atoms. The van der Waals surface area contributed by atoms with Crippen LogP contribution in [0.3, 0.4) is 0 Å². The van der Waals surface area contributed by atoms with E-state index in [-0.39, 0.29) is 5.92 Å². The second-order valence-corrected chi connectivity index (χ2v) is 9.33. The molecule has 4 rings (SSSR count). The number of benzene rings is 1. The van der Waals surface area contributed by atoms with Crippen LogP contribution in [0.5, 0.6) is 17.5 Å². The van der Waals surface area contributed by atoms with Crippen molar-refractivity contribution in [1.29, 1.82) is 0 Å². The lowest BCUT2D eigenvalue weighted by molar-refractivity contribution is 0.121. The minimum atomic E-state index is -1.65. The highest BCUT2D eigenvalue weighted by Gasteiger charge is 2.23. The van der Waals surface area contributed by atoms with Crippen LogP contribution < -0.4 is 9.47 Å². The summed E-state index contributed by atoms with van der Waals surface area (Å²) in [7, 11) is 0. The molecule has 2 fully saturated rings. The van der Waals surface area contributed by atoms with Gasteiger partial charge in [-0.15, -0.1) is 0 Å². The van der Waals surface area contributed by atoms with Gasteiger partial charge in [0.25, 0.3) is 0 Å². The van der Waals surface area contributed by atoms with E-state index in [0.29, 0.717) is 56.3 Å². The average Bonchev–Trinajstić information content (AvgIpc) is 2.85. The second-order valence-electron chi connectivity index (χ2n) is 8.45. The van der Waals surface area contributed by atoms with Gasteiger partial charge in [0.05, 0.1) is 25.4 Å². The number of rotatable bonds is 8. The zero-order valence-electron chi connectivity index (χ0n) is 19.1. The predicted molar refractivity (Wildman–Crippen MR) is 123 cm³/mol. The predicted octanol–water partition coefficient (Wildman–Crippen LogP) is 3.84. The number of ether oxygens (including phenoxy) is 2. The summed E-state index contributed by atoms with van der Waals surface area (Å²) in [5, 5.41) is 9.05. The third-order valence-electron chi connectivity index (χ3n) is 6.17. The number of aromatic nitrogens is 2. The van der Waals surface area contributed by atoms with Crippen LogP contribution in [0.4, 0.5) is 4.79 Å². The SMILES string of the molecule is Cc1c(OCCCC2CCN(C(=O)O)CC2)ncnc1Oc1ccc(C2COS(=O)OC2)cc1. The molecule has 184 valence electrons. The van der Waals surface area contributed by atoms with Crippen molar-refractivity contribution in [2.24, 2.45) is 5.92 Å². The molecule has 1 amide bonds. The monoisotopic (exact) mass is 491 g/mol. The van der Waals surface area contributed by atoms with Crippen molar-refractivity contribution in [2.75, 3.05) is 32.9 Å². The molecule has 34 heavy (non-hydrogen) atoms. The first-order valence-corrected chi connectivity index (χ1v) is 12.4. The molecule has 2 aliphatic rings. The Morgan fingerprint density at radius 1 is 1.15 bits per heavy atom. The minimum absolute atomic E-state index is 0.0252. The summed E-state index contributed by atoms with van der Waals surface area (Å²) < 4.78 is 33.1. The molecule has 0 radical (unpaired) electrons. The largest absolute Gasteiger partial charge is 0.477 e. The third-order valence-corrected chi connectivity index (χ3v) is 6.83.